The van der Waals surface area contributed by atoms with Gasteiger partial charge in [-0.15, -0.1) is 5.10 Å². The number of rotatable bonds is 4. The normalized spacial score (nSPS) is 12.1. The van der Waals surface area contributed by atoms with Gasteiger partial charge in [0.25, 0.3) is 0 Å². The third kappa shape index (κ3) is 3.69. The second kappa shape index (κ2) is 7.56. The first kappa shape index (κ1) is 17.4. The number of hydrogen-bond donors (Lipinski definition) is 1. The van der Waals surface area contributed by atoms with Gasteiger partial charge in [0.1, 0.15) is 0 Å². The number of aryl methyl sites for hydroxylation is 1. The third-order valence-corrected chi connectivity index (χ3v) is 3.93. The zero-order chi connectivity index (χ0) is 17.7. The van der Waals surface area contributed by atoms with Crippen LogP contribution in [-0.2, 0) is 6.54 Å². The van der Waals surface area contributed by atoms with Crippen molar-refractivity contribution in [1.29, 1.82) is 5.26 Å². The van der Waals surface area contributed by atoms with E-state index in [1.54, 1.807) is 0 Å². The average Bonchev–Trinajstić information content (AvgIpc) is 2.55. The SMILES string of the molecule is C=C(C)/C=c1/c(NCc2cccc(C#N)c2C)nnc(C)/c1=C/C. The molecule has 0 fully saturated rings. The second-order valence-electron chi connectivity index (χ2n) is 5.80. The zero-order valence-electron chi connectivity index (χ0n) is 14.6. The molecule has 1 aromatic heterocycles. The first-order valence-corrected chi connectivity index (χ1v) is 7.87. The van der Waals surface area contributed by atoms with Crippen LogP contribution in [-0.4, -0.2) is 10.2 Å². The largest absolute Gasteiger partial charge is 0.364 e. The average molecular weight is 318 g/mol. The molecule has 4 nitrogen and oxygen atoms in total. The summed E-state index contributed by atoms with van der Waals surface area (Å²) in [5.41, 5.74) is 4.59. The summed E-state index contributed by atoms with van der Waals surface area (Å²) in [6, 6.07) is 7.96. The van der Waals surface area contributed by atoms with Gasteiger partial charge in [0, 0.05) is 17.0 Å². The van der Waals surface area contributed by atoms with Crippen LogP contribution in [0.5, 0.6) is 0 Å². The van der Waals surface area contributed by atoms with Crippen LogP contribution in [0.25, 0.3) is 12.2 Å². The van der Waals surface area contributed by atoms with E-state index in [1.165, 1.54) is 0 Å². The van der Waals surface area contributed by atoms with Crippen LogP contribution in [0, 0.1) is 25.2 Å². The van der Waals surface area contributed by atoms with E-state index >= 15 is 0 Å². The molecule has 2 rings (SSSR count). The maximum absolute atomic E-state index is 9.16. The summed E-state index contributed by atoms with van der Waals surface area (Å²) in [7, 11) is 0. The Bertz CT molecular complexity index is 933. The highest BCUT2D eigenvalue weighted by molar-refractivity contribution is 5.53. The lowest BCUT2D eigenvalue weighted by molar-refractivity contribution is 0.938. The van der Waals surface area contributed by atoms with E-state index in [0.29, 0.717) is 12.1 Å². The molecule has 0 bridgehead atoms. The first-order chi connectivity index (χ1) is 11.5. The minimum absolute atomic E-state index is 0.583. The summed E-state index contributed by atoms with van der Waals surface area (Å²) >= 11 is 0. The van der Waals surface area contributed by atoms with Gasteiger partial charge in [-0.3, -0.25) is 0 Å². The topological polar surface area (TPSA) is 61.6 Å². The van der Waals surface area contributed by atoms with Crippen LogP contribution in [0.3, 0.4) is 0 Å². The molecule has 2 aromatic rings. The molecular weight excluding hydrogens is 296 g/mol. The van der Waals surface area contributed by atoms with Crippen LogP contribution in [0.2, 0.25) is 0 Å². The van der Waals surface area contributed by atoms with Crippen molar-refractivity contribution in [3.8, 4) is 6.07 Å². The molecule has 0 radical (unpaired) electrons. The van der Waals surface area contributed by atoms with Gasteiger partial charge in [-0.2, -0.15) is 10.4 Å². The standard InChI is InChI=1S/C20H22N4/c1-6-18-15(5)23-24-20(19(18)10-13(2)3)22-12-17-9-7-8-16(11-21)14(17)4/h6-10H,2,12H2,1,3-5H3,(H,22,24)/b18-6-,19-10+. The summed E-state index contributed by atoms with van der Waals surface area (Å²) in [6.07, 6.45) is 4.05. The number of nitrogens with zero attached hydrogens (tertiary/aromatic N) is 3. The van der Waals surface area contributed by atoms with Crippen molar-refractivity contribution in [3.05, 3.63) is 63.2 Å². The lowest BCUT2D eigenvalue weighted by Gasteiger charge is -2.10. The van der Waals surface area contributed by atoms with E-state index in [1.807, 2.05) is 58.0 Å². The quantitative estimate of drug-likeness (QED) is 0.941. The van der Waals surface area contributed by atoms with Crippen molar-refractivity contribution < 1.29 is 0 Å². The molecule has 0 amide bonds. The van der Waals surface area contributed by atoms with Crippen molar-refractivity contribution in [2.24, 2.45) is 0 Å². The summed E-state index contributed by atoms with van der Waals surface area (Å²) in [5, 5.41) is 23.1. The number of benzene rings is 1. The smallest absolute Gasteiger partial charge is 0.156 e. The van der Waals surface area contributed by atoms with Crippen LogP contribution in [0.15, 0.2) is 30.4 Å². The molecule has 0 saturated carbocycles. The molecule has 0 aliphatic rings. The number of nitrogens with one attached hydrogen (secondary N) is 1. The predicted molar refractivity (Wildman–Crippen MR) is 98.7 cm³/mol. The number of nitriles is 1. The number of aromatic nitrogens is 2. The molecule has 0 atom stereocenters. The lowest BCUT2D eigenvalue weighted by Crippen LogP contribution is -2.33. The molecule has 0 spiro atoms. The Balaban J connectivity index is 2.46. The number of hydrogen-bond acceptors (Lipinski definition) is 4. The van der Waals surface area contributed by atoms with Gasteiger partial charge < -0.3 is 5.32 Å². The molecule has 24 heavy (non-hydrogen) atoms. The van der Waals surface area contributed by atoms with Crippen molar-refractivity contribution >= 4 is 18.0 Å². The fourth-order valence-electron chi connectivity index (χ4n) is 2.62. The fourth-order valence-corrected chi connectivity index (χ4v) is 2.62. The maximum Gasteiger partial charge on any atom is 0.156 e. The first-order valence-electron chi connectivity index (χ1n) is 7.87. The number of allylic oxidation sites excluding steroid dienone is 1. The van der Waals surface area contributed by atoms with Crippen LogP contribution in [0.1, 0.15) is 36.2 Å². The van der Waals surface area contributed by atoms with E-state index < -0.39 is 0 Å². The summed E-state index contributed by atoms with van der Waals surface area (Å²) in [4.78, 5) is 0. The summed E-state index contributed by atoms with van der Waals surface area (Å²) in [6.45, 7) is 12.4. The third-order valence-electron chi connectivity index (χ3n) is 3.93. The van der Waals surface area contributed by atoms with Gasteiger partial charge in [0.05, 0.1) is 17.3 Å². The molecule has 0 aliphatic carbocycles. The molecule has 0 unspecified atom stereocenters. The zero-order valence-corrected chi connectivity index (χ0v) is 14.6. The number of anilines is 1. The molecule has 1 heterocycles. The van der Waals surface area contributed by atoms with Crippen molar-refractivity contribution in [2.75, 3.05) is 5.32 Å². The Hall–Kier alpha value is -2.93. The van der Waals surface area contributed by atoms with Gasteiger partial charge in [0.2, 0.25) is 0 Å². The predicted octanol–water partition coefficient (Wildman–Crippen LogP) is 2.73. The van der Waals surface area contributed by atoms with Crippen LogP contribution >= 0.6 is 0 Å². The Morgan fingerprint density at radius 3 is 2.67 bits per heavy atom. The van der Waals surface area contributed by atoms with Gasteiger partial charge in [-0.1, -0.05) is 30.4 Å². The Morgan fingerprint density at radius 1 is 1.29 bits per heavy atom. The summed E-state index contributed by atoms with van der Waals surface area (Å²) in [5.74, 6) is 0.721. The summed E-state index contributed by atoms with van der Waals surface area (Å²) < 4.78 is 0. The highest BCUT2D eigenvalue weighted by Gasteiger charge is 2.06. The van der Waals surface area contributed by atoms with Crippen molar-refractivity contribution in [2.45, 2.75) is 34.2 Å². The van der Waals surface area contributed by atoms with Crippen molar-refractivity contribution in [1.82, 2.24) is 10.2 Å². The molecule has 122 valence electrons. The maximum atomic E-state index is 9.16. The van der Waals surface area contributed by atoms with E-state index in [2.05, 4.69) is 28.2 Å². The van der Waals surface area contributed by atoms with E-state index in [0.717, 1.165) is 38.6 Å². The minimum Gasteiger partial charge on any atom is -0.364 e. The van der Waals surface area contributed by atoms with Gasteiger partial charge in [-0.05, 0) is 51.0 Å². The Morgan fingerprint density at radius 2 is 2.04 bits per heavy atom. The molecule has 1 aromatic carbocycles. The van der Waals surface area contributed by atoms with Gasteiger partial charge in [0.15, 0.2) is 5.82 Å². The molecule has 0 aliphatic heterocycles. The van der Waals surface area contributed by atoms with E-state index in [-0.39, 0.29) is 0 Å². The van der Waals surface area contributed by atoms with E-state index in [4.69, 9.17) is 5.26 Å². The highest BCUT2D eigenvalue weighted by Crippen LogP contribution is 2.13. The monoisotopic (exact) mass is 318 g/mol. The van der Waals surface area contributed by atoms with Crippen LogP contribution in [0.4, 0.5) is 5.82 Å². The van der Waals surface area contributed by atoms with Gasteiger partial charge >= 0.3 is 0 Å². The molecule has 0 saturated heterocycles. The van der Waals surface area contributed by atoms with Crippen molar-refractivity contribution in [3.63, 3.8) is 0 Å². The van der Waals surface area contributed by atoms with Crippen LogP contribution < -0.4 is 15.8 Å². The minimum atomic E-state index is 0.583. The lowest BCUT2D eigenvalue weighted by atomic mass is 10.0. The fraction of sp³-hybridized carbons (Fsp3) is 0.250. The van der Waals surface area contributed by atoms with Gasteiger partial charge in [-0.25, -0.2) is 0 Å². The Kier molecular flexibility index (Phi) is 5.49. The molecular formula is C20H22N4. The Labute approximate surface area is 142 Å². The molecule has 1 N–H and O–H groups in total. The second-order valence-corrected chi connectivity index (χ2v) is 5.80. The van der Waals surface area contributed by atoms with E-state index in [9.17, 15) is 0 Å². The molecule has 4 heteroatoms. The highest BCUT2D eigenvalue weighted by atomic mass is 15.2.